The Balaban J connectivity index is -0.000000754. The average molecular weight is 402 g/mol. The van der Waals surface area contributed by atoms with Gasteiger partial charge in [-0.3, -0.25) is 4.79 Å². The van der Waals surface area contributed by atoms with E-state index >= 15 is 0 Å². The minimum Gasteiger partial charge on any atom is -0.351 e. The van der Waals surface area contributed by atoms with Gasteiger partial charge in [0.1, 0.15) is 0 Å². The number of benzene rings is 2. The van der Waals surface area contributed by atoms with Crippen LogP contribution in [0, 0.1) is 0 Å². The first-order valence-electron chi connectivity index (χ1n) is 11.7. The molecule has 0 aliphatic heterocycles. The highest BCUT2D eigenvalue weighted by Gasteiger charge is 2.13. The van der Waals surface area contributed by atoms with Crippen molar-refractivity contribution >= 4 is 5.91 Å². The maximum atomic E-state index is 12.1. The lowest BCUT2D eigenvalue weighted by atomic mass is 9.93. The molecule has 29 heavy (non-hydrogen) atoms. The van der Waals surface area contributed by atoms with Crippen LogP contribution in [-0.2, 0) is 0 Å². The fourth-order valence-corrected chi connectivity index (χ4v) is 2.47. The lowest BCUT2D eigenvalue weighted by molar-refractivity contribution is 0.0950. The van der Waals surface area contributed by atoms with Gasteiger partial charge in [-0.15, -0.1) is 0 Å². The fraction of sp³-hybridized carbons (Fsp3) is 0.519. The van der Waals surface area contributed by atoms with Gasteiger partial charge in [-0.05, 0) is 24.1 Å². The van der Waals surface area contributed by atoms with E-state index in [1.54, 1.807) is 0 Å². The SMILES string of the molecule is CC.CC.CC.CC.CCCCC(CNC(=O)c1ccccc1)c1ccccc1. The second-order valence-electron chi connectivity index (χ2n) is 5.33. The van der Waals surface area contributed by atoms with Crippen LogP contribution >= 0.6 is 0 Å². The molecule has 1 amide bonds. The summed E-state index contributed by atoms with van der Waals surface area (Å²) in [5, 5.41) is 3.07. The molecule has 0 aliphatic rings. The molecule has 0 saturated carbocycles. The Bertz CT molecular complexity index is 537. The topological polar surface area (TPSA) is 29.1 Å². The number of rotatable bonds is 7. The van der Waals surface area contributed by atoms with Crippen molar-refractivity contribution in [1.29, 1.82) is 0 Å². The molecule has 1 atom stereocenters. The molecule has 0 aliphatic carbocycles. The van der Waals surface area contributed by atoms with Gasteiger partial charge in [0.15, 0.2) is 0 Å². The maximum Gasteiger partial charge on any atom is 0.251 e. The summed E-state index contributed by atoms with van der Waals surface area (Å²) in [5.41, 5.74) is 2.03. The summed E-state index contributed by atoms with van der Waals surface area (Å²) in [6, 6.07) is 19.8. The van der Waals surface area contributed by atoms with Gasteiger partial charge >= 0.3 is 0 Å². The standard InChI is InChI=1S/C19H23NO.4C2H6/c1-2-3-10-18(16-11-6-4-7-12-16)15-20-19(21)17-13-8-5-9-14-17;4*1-2/h4-9,11-14,18H,2-3,10,15H2,1H3,(H,20,21);4*1-2H3. The van der Waals surface area contributed by atoms with Crippen LogP contribution in [0.3, 0.4) is 0 Å². The van der Waals surface area contributed by atoms with Gasteiger partial charge in [0.25, 0.3) is 5.91 Å². The minimum atomic E-state index is 0.00743. The minimum absolute atomic E-state index is 0.00743. The molecule has 2 rings (SSSR count). The Kier molecular flexibility index (Phi) is 28.2. The number of nitrogens with one attached hydrogen (secondary N) is 1. The third-order valence-corrected chi connectivity index (χ3v) is 3.72. The summed E-state index contributed by atoms with van der Waals surface area (Å²) in [4.78, 5) is 12.1. The molecule has 0 fully saturated rings. The zero-order valence-electron chi connectivity index (χ0n) is 20.6. The van der Waals surface area contributed by atoms with Gasteiger partial charge < -0.3 is 5.32 Å². The van der Waals surface area contributed by atoms with E-state index in [0.29, 0.717) is 12.5 Å². The molecular weight excluding hydrogens is 354 g/mol. The van der Waals surface area contributed by atoms with Crippen LogP contribution in [0.1, 0.15) is 103 Å². The molecule has 0 spiro atoms. The van der Waals surface area contributed by atoms with Crippen molar-refractivity contribution in [2.45, 2.75) is 87.5 Å². The van der Waals surface area contributed by atoms with E-state index in [0.717, 1.165) is 12.0 Å². The molecule has 0 bridgehead atoms. The van der Waals surface area contributed by atoms with Gasteiger partial charge in [0.05, 0.1) is 0 Å². The fourth-order valence-electron chi connectivity index (χ4n) is 2.47. The van der Waals surface area contributed by atoms with E-state index in [2.05, 4.69) is 36.5 Å². The van der Waals surface area contributed by atoms with Gasteiger partial charge in [-0.2, -0.15) is 0 Å². The summed E-state index contributed by atoms with van der Waals surface area (Å²) in [6.07, 6.45) is 3.46. The number of carbonyl (C=O) groups is 1. The monoisotopic (exact) mass is 401 g/mol. The van der Waals surface area contributed by atoms with Gasteiger partial charge in [-0.1, -0.05) is 124 Å². The first-order valence-corrected chi connectivity index (χ1v) is 11.7. The summed E-state index contributed by atoms with van der Waals surface area (Å²) < 4.78 is 0. The van der Waals surface area contributed by atoms with Crippen LogP contribution in [-0.4, -0.2) is 12.5 Å². The van der Waals surface area contributed by atoms with Crippen molar-refractivity contribution in [2.24, 2.45) is 0 Å². The normalized spacial score (nSPS) is 9.41. The third-order valence-electron chi connectivity index (χ3n) is 3.72. The molecule has 1 unspecified atom stereocenters. The highest BCUT2D eigenvalue weighted by atomic mass is 16.1. The van der Waals surface area contributed by atoms with Crippen molar-refractivity contribution < 1.29 is 4.79 Å². The smallest absolute Gasteiger partial charge is 0.251 e. The average Bonchev–Trinajstić information content (AvgIpc) is 2.85. The van der Waals surface area contributed by atoms with E-state index in [1.807, 2.05) is 91.8 Å². The first-order chi connectivity index (χ1) is 14.3. The number of hydrogen-bond donors (Lipinski definition) is 1. The highest BCUT2D eigenvalue weighted by molar-refractivity contribution is 5.94. The molecule has 2 heteroatoms. The van der Waals surface area contributed by atoms with E-state index in [1.165, 1.54) is 18.4 Å². The van der Waals surface area contributed by atoms with Crippen molar-refractivity contribution in [3.8, 4) is 0 Å². The number of carbonyl (C=O) groups excluding carboxylic acids is 1. The molecule has 0 heterocycles. The predicted molar refractivity (Wildman–Crippen MR) is 133 cm³/mol. The number of amides is 1. The number of unbranched alkanes of at least 4 members (excludes halogenated alkanes) is 1. The van der Waals surface area contributed by atoms with E-state index in [9.17, 15) is 4.79 Å². The van der Waals surface area contributed by atoms with Crippen LogP contribution in [0.15, 0.2) is 60.7 Å². The van der Waals surface area contributed by atoms with Crippen molar-refractivity contribution in [2.75, 3.05) is 6.54 Å². The van der Waals surface area contributed by atoms with Crippen LogP contribution in [0.4, 0.5) is 0 Å². The summed E-state index contributed by atoms with van der Waals surface area (Å²) in [6.45, 7) is 18.9. The number of hydrogen-bond acceptors (Lipinski definition) is 1. The summed E-state index contributed by atoms with van der Waals surface area (Å²) in [7, 11) is 0. The van der Waals surface area contributed by atoms with Crippen molar-refractivity contribution in [3.05, 3.63) is 71.8 Å². The highest BCUT2D eigenvalue weighted by Crippen LogP contribution is 2.21. The quantitative estimate of drug-likeness (QED) is 0.495. The summed E-state index contributed by atoms with van der Waals surface area (Å²) >= 11 is 0. The molecular formula is C27H47NO. The third kappa shape index (κ3) is 15.5. The van der Waals surface area contributed by atoms with Crippen LogP contribution in [0.5, 0.6) is 0 Å². The van der Waals surface area contributed by atoms with Crippen LogP contribution < -0.4 is 5.32 Å². The lowest BCUT2D eigenvalue weighted by Crippen LogP contribution is -2.28. The largest absolute Gasteiger partial charge is 0.351 e. The Labute approximate surface area is 182 Å². The Morgan fingerprint density at radius 2 is 1.21 bits per heavy atom. The van der Waals surface area contributed by atoms with Crippen molar-refractivity contribution in [3.63, 3.8) is 0 Å². The van der Waals surface area contributed by atoms with Crippen LogP contribution in [0.2, 0.25) is 0 Å². The van der Waals surface area contributed by atoms with Gasteiger partial charge in [0.2, 0.25) is 0 Å². The first kappa shape index (κ1) is 31.6. The van der Waals surface area contributed by atoms with E-state index < -0.39 is 0 Å². The molecule has 0 aromatic heterocycles. The molecule has 0 radical (unpaired) electrons. The molecule has 166 valence electrons. The van der Waals surface area contributed by atoms with E-state index in [-0.39, 0.29) is 5.91 Å². The molecule has 2 aromatic carbocycles. The lowest BCUT2D eigenvalue weighted by Gasteiger charge is -2.18. The second kappa shape index (κ2) is 25.9. The zero-order chi connectivity index (χ0) is 22.9. The summed E-state index contributed by atoms with van der Waals surface area (Å²) in [5.74, 6) is 0.395. The Morgan fingerprint density at radius 1 is 0.759 bits per heavy atom. The molecule has 0 saturated heterocycles. The Morgan fingerprint density at radius 3 is 1.66 bits per heavy atom. The van der Waals surface area contributed by atoms with Gasteiger partial charge in [-0.25, -0.2) is 0 Å². The molecule has 2 nitrogen and oxygen atoms in total. The second-order valence-corrected chi connectivity index (χ2v) is 5.33. The Hall–Kier alpha value is -2.09. The molecule has 2 aromatic rings. The van der Waals surface area contributed by atoms with E-state index in [4.69, 9.17) is 0 Å². The predicted octanol–water partition coefficient (Wildman–Crippen LogP) is 8.50. The van der Waals surface area contributed by atoms with Crippen molar-refractivity contribution in [1.82, 2.24) is 5.32 Å². The molecule has 1 N–H and O–H groups in total. The van der Waals surface area contributed by atoms with Gasteiger partial charge in [0, 0.05) is 18.0 Å². The maximum absolute atomic E-state index is 12.1. The van der Waals surface area contributed by atoms with Crippen LogP contribution in [0.25, 0.3) is 0 Å². The zero-order valence-corrected chi connectivity index (χ0v) is 20.6.